The molecule has 3 rings (SSSR count). The molecule has 4 nitrogen and oxygen atoms in total. The highest BCUT2D eigenvalue weighted by Gasteiger charge is 2.15. The van der Waals surface area contributed by atoms with Gasteiger partial charge in [-0.15, -0.1) is 0 Å². The number of H-pyrrole nitrogens is 1. The van der Waals surface area contributed by atoms with Gasteiger partial charge in [-0.05, 0) is 39.3 Å². The summed E-state index contributed by atoms with van der Waals surface area (Å²) in [6.07, 6.45) is 5.99. The second-order valence-corrected chi connectivity index (χ2v) is 5.46. The minimum absolute atomic E-state index is 0.887. The number of aryl methyl sites for hydroxylation is 1. The summed E-state index contributed by atoms with van der Waals surface area (Å²) in [6, 6.07) is 8.15. The molecule has 2 heterocycles. The van der Waals surface area contributed by atoms with Crippen LogP contribution in [0.3, 0.4) is 0 Å². The summed E-state index contributed by atoms with van der Waals surface area (Å²) in [6.45, 7) is 6.20. The van der Waals surface area contributed by atoms with E-state index in [4.69, 9.17) is 0 Å². The number of nitrogens with zero attached hydrogens (tertiary/aromatic N) is 1. The molecule has 22 heavy (non-hydrogen) atoms. The normalized spacial score (nSPS) is 18.9. The van der Waals surface area contributed by atoms with Crippen molar-refractivity contribution < 1.29 is 0 Å². The largest absolute Gasteiger partial charge is 0.356 e. The zero-order valence-electron chi connectivity index (χ0n) is 13.3. The Balaban J connectivity index is 1.75. The molecule has 1 aromatic carbocycles. The Morgan fingerprint density at radius 2 is 1.73 bits per heavy atom. The van der Waals surface area contributed by atoms with Crippen molar-refractivity contribution in [3.05, 3.63) is 65.0 Å². The molecule has 0 bridgehead atoms. The van der Waals surface area contributed by atoms with Gasteiger partial charge in [0.15, 0.2) is 0 Å². The van der Waals surface area contributed by atoms with Crippen LogP contribution in [0.15, 0.2) is 59.2 Å². The number of benzene rings is 1. The predicted molar refractivity (Wildman–Crippen MR) is 90.9 cm³/mol. The van der Waals surface area contributed by atoms with Gasteiger partial charge in [-0.3, -0.25) is 0 Å². The highest BCUT2D eigenvalue weighted by molar-refractivity contribution is 5.74. The molecule has 0 saturated heterocycles. The molecular formula is C18H22N4. The molecule has 0 radical (unpaired) electrons. The third-order valence-corrected chi connectivity index (χ3v) is 3.98. The second kappa shape index (κ2) is 6.10. The van der Waals surface area contributed by atoms with Crippen LogP contribution >= 0.6 is 0 Å². The third-order valence-electron chi connectivity index (χ3n) is 3.98. The van der Waals surface area contributed by atoms with E-state index >= 15 is 0 Å². The van der Waals surface area contributed by atoms with Crippen LogP contribution in [-0.2, 0) is 6.42 Å². The maximum Gasteiger partial charge on any atom is 0.107 e. The van der Waals surface area contributed by atoms with Gasteiger partial charge >= 0.3 is 0 Å². The molecule has 2 aromatic rings. The lowest BCUT2D eigenvalue weighted by atomic mass is 10.1. The SMILES string of the molecule is CC=C1NC(C)=C(CCc2nc3ccccc3[nH]2)NC1=CC. The van der Waals surface area contributed by atoms with Gasteiger partial charge in [0.1, 0.15) is 5.82 Å². The fraction of sp³-hybridized carbons (Fsp3) is 0.278. The van der Waals surface area contributed by atoms with Gasteiger partial charge < -0.3 is 15.6 Å². The summed E-state index contributed by atoms with van der Waals surface area (Å²) in [4.78, 5) is 8.03. The van der Waals surface area contributed by atoms with Crippen molar-refractivity contribution in [1.29, 1.82) is 0 Å². The lowest BCUT2D eigenvalue weighted by Crippen LogP contribution is -2.31. The van der Waals surface area contributed by atoms with Crippen molar-refractivity contribution in [3.63, 3.8) is 0 Å². The molecule has 0 atom stereocenters. The average Bonchev–Trinajstić information content (AvgIpc) is 2.96. The van der Waals surface area contributed by atoms with Crippen LogP contribution in [0.1, 0.15) is 33.0 Å². The molecule has 0 amide bonds. The molecule has 0 aliphatic carbocycles. The first kappa shape index (κ1) is 14.4. The van der Waals surface area contributed by atoms with E-state index in [1.807, 2.05) is 32.0 Å². The minimum Gasteiger partial charge on any atom is -0.356 e. The molecule has 114 valence electrons. The van der Waals surface area contributed by atoms with Crippen LogP contribution in [0, 0.1) is 0 Å². The van der Waals surface area contributed by atoms with Crippen molar-refractivity contribution in [3.8, 4) is 0 Å². The van der Waals surface area contributed by atoms with Gasteiger partial charge in [-0.1, -0.05) is 24.3 Å². The summed E-state index contributed by atoms with van der Waals surface area (Å²) in [5, 5.41) is 6.99. The Morgan fingerprint density at radius 3 is 2.45 bits per heavy atom. The van der Waals surface area contributed by atoms with E-state index in [1.165, 1.54) is 11.4 Å². The standard InChI is InChI=1S/C18H22N4/c1-4-13-14(5-2)20-15(12(3)19-13)10-11-18-21-16-8-6-7-9-17(16)22-18/h4-9,19-20H,10-11H2,1-3H3,(H,21,22). The van der Waals surface area contributed by atoms with Crippen molar-refractivity contribution in [2.45, 2.75) is 33.6 Å². The fourth-order valence-corrected chi connectivity index (χ4v) is 2.74. The fourth-order valence-electron chi connectivity index (χ4n) is 2.74. The van der Waals surface area contributed by atoms with Gasteiger partial charge in [0.25, 0.3) is 0 Å². The first-order valence-corrected chi connectivity index (χ1v) is 7.71. The molecule has 0 spiro atoms. The van der Waals surface area contributed by atoms with Gasteiger partial charge in [0, 0.05) is 17.8 Å². The predicted octanol–water partition coefficient (Wildman–Crippen LogP) is 3.73. The number of imidazole rings is 1. The Kier molecular flexibility index (Phi) is 4.00. The maximum absolute atomic E-state index is 4.64. The zero-order chi connectivity index (χ0) is 15.5. The lowest BCUT2D eigenvalue weighted by molar-refractivity contribution is 0.726. The first-order valence-electron chi connectivity index (χ1n) is 7.71. The number of hydrogen-bond acceptors (Lipinski definition) is 3. The molecule has 3 N–H and O–H groups in total. The van der Waals surface area contributed by atoms with Crippen molar-refractivity contribution >= 4 is 11.0 Å². The number of hydrogen-bond donors (Lipinski definition) is 3. The number of fused-ring (bicyclic) bond motifs is 1. The summed E-state index contributed by atoms with van der Waals surface area (Å²) in [7, 11) is 0. The smallest absolute Gasteiger partial charge is 0.107 e. The van der Waals surface area contributed by atoms with E-state index < -0.39 is 0 Å². The van der Waals surface area contributed by atoms with Gasteiger partial charge in [0.2, 0.25) is 0 Å². The number of allylic oxidation sites excluding steroid dienone is 4. The van der Waals surface area contributed by atoms with Crippen LogP contribution < -0.4 is 10.6 Å². The molecule has 0 fully saturated rings. The Morgan fingerprint density at radius 1 is 1.00 bits per heavy atom. The van der Waals surface area contributed by atoms with Gasteiger partial charge in [-0.2, -0.15) is 0 Å². The van der Waals surface area contributed by atoms with Gasteiger partial charge in [0.05, 0.1) is 22.4 Å². The van der Waals surface area contributed by atoms with Crippen molar-refractivity contribution in [2.75, 3.05) is 0 Å². The van der Waals surface area contributed by atoms with Crippen molar-refractivity contribution in [1.82, 2.24) is 20.6 Å². The highest BCUT2D eigenvalue weighted by Crippen LogP contribution is 2.20. The van der Waals surface area contributed by atoms with Crippen LogP contribution in [0.2, 0.25) is 0 Å². The van der Waals surface area contributed by atoms with E-state index in [0.717, 1.165) is 41.1 Å². The summed E-state index contributed by atoms with van der Waals surface area (Å²) < 4.78 is 0. The van der Waals surface area contributed by atoms with E-state index in [1.54, 1.807) is 0 Å². The second-order valence-electron chi connectivity index (χ2n) is 5.46. The van der Waals surface area contributed by atoms with Crippen LogP contribution in [-0.4, -0.2) is 9.97 Å². The minimum atomic E-state index is 0.887. The summed E-state index contributed by atoms with van der Waals surface area (Å²) in [5.74, 6) is 1.03. The number of aromatic amines is 1. The molecule has 0 unspecified atom stereocenters. The van der Waals surface area contributed by atoms with E-state index in [-0.39, 0.29) is 0 Å². The van der Waals surface area contributed by atoms with Crippen LogP contribution in [0.5, 0.6) is 0 Å². The Hall–Kier alpha value is -2.49. The topological polar surface area (TPSA) is 52.7 Å². The number of rotatable bonds is 3. The van der Waals surface area contributed by atoms with Gasteiger partial charge in [-0.25, -0.2) is 4.98 Å². The van der Waals surface area contributed by atoms with Crippen LogP contribution in [0.25, 0.3) is 11.0 Å². The molecule has 4 heteroatoms. The zero-order valence-corrected chi connectivity index (χ0v) is 13.3. The molecule has 1 aromatic heterocycles. The quantitative estimate of drug-likeness (QED) is 0.808. The summed E-state index contributed by atoms with van der Waals surface area (Å²) >= 11 is 0. The maximum atomic E-state index is 4.64. The number of nitrogens with one attached hydrogen (secondary N) is 3. The highest BCUT2D eigenvalue weighted by atomic mass is 15.1. The van der Waals surface area contributed by atoms with E-state index in [0.29, 0.717) is 0 Å². The van der Waals surface area contributed by atoms with Crippen LogP contribution in [0.4, 0.5) is 0 Å². The van der Waals surface area contributed by atoms with E-state index in [9.17, 15) is 0 Å². The average molecular weight is 294 g/mol. The van der Waals surface area contributed by atoms with Crippen molar-refractivity contribution in [2.24, 2.45) is 0 Å². The third kappa shape index (κ3) is 2.77. The molecular weight excluding hydrogens is 272 g/mol. The Labute approximate surface area is 131 Å². The Bertz CT molecular complexity index is 744. The van der Waals surface area contributed by atoms with E-state index in [2.05, 4.69) is 45.7 Å². The molecule has 1 aliphatic heterocycles. The number of para-hydroxylation sites is 2. The lowest BCUT2D eigenvalue weighted by Gasteiger charge is -2.26. The molecule has 1 aliphatic rings. The monoisotopic (exact) mass is 294 g/mol. The first-order chi connectivity index (χ1) is 10.7. The number of aromatic nitrogens is 2. The molecule has 0 saturated carbocycles. The summed E-state index contributed by atoms with van der Waals surface area (Å²) in [5.41, 5.74) is 6.79.